The van der Waals surface area contributed by atoms with Crippen molar-refractivity contribution < 1.29 is 22.7 Å². The van der Waals surface area contributed by atoms with Gasteiger partial charge in [0.2, 0.25) is 0 Å². The van der Waals surface area contributed by atoms with Gasteiger partial charge in [-0.05, 0) is 32.9 Å². The summed E-state index contributed by atoms with van der Waals surface area (Å²) < 4.78 is 31.1. The molecule has 2 N–H and O–H groups in total. The molecule has 1 atom stereocenters. The van der Waals surface area contributed by atoms with E-state index in [1.807, 2.05) is 0 Å². The SMILES string of the molecule is CC(C)NC(=O)COC(=O)[C@H](C)N=C1NS(=O)(=O)c2ccccc21. The number of carbonyl (C=O) groups is 2. The highest BCUT2D eigenvalue weighted by molar-refractivity contribution is 7.90. The molecule has 8 nitrogen and oxygen atoms in total. The molecule has 0 aromatic heterocycles. The average Bonchev–Trinajstić information content (AvgIpc) is 2.75. The predicted molar refractivity (Wildman–Crippen MR) is 87.0 cm³/mol. The van der Waals surface area contributed by atoms with Crippen molar-refractivity contribution in [1.29, 1.82) is 0 Å². The Labute approximate surface area is 140 Å². The topological polar surface area (TPSA) is 114 Å². The normalized spacial score (nSPS) is 17.9. The molecule has 0 fully saturated rings. The quantitative estimate of drug-likeness (QED) is 0.733. The molecule has 1 heterocycles. The number of hydrogen-bond acceptors (Lipinski definition) is 6. The summed E-state index contributed by atoms with van der Waals surface area (Å²) in [5.74, 6) is -1.04. The highest BCUT2D eigenvalue weighted by atomic mass is 32.2. The van der Waals surface area contributed by atoms with Crippen LogP contribution in [0.4, 0.5) is 0 Å². The zero-order chi connectivity index (χ0) is 17.9. The third kappa shape index (κ3) is 4.10. The molecule has 2 rings (SSSR count). The van der Waals surface area contributed by atoms with Crippen LogP contribution in [-0.4, -0.2) is 44.8 Å². The number of rotatable bonds is 5. The molecule has 1 aliphatic heterocycles. The van der Waals surface area contributed by atoms with Crippen molar-refractivity contribution >= 4 is 27.7 Å². The van der Waals surface area contributed by atoms with Crippen LogP contribution in [0.3, 0.4) is 0 Å². The minimum atomic E-state index is -3.66. The van der Waals surface area contributed by atoms with E-state index in [2.05, 4.69) is 15.0 Å². The highest BCUT2D eigenvalue weighted by Crippen LogP contribution is 2.22. The Morgan fingerprint density at radius 2 is 1.92 bits per heavy atom. The fourth-order valence-electron chi connectivity index (χ4n) is 2.10. The molecule has 0 radical (unpaired) electrons. The minimum Gasteiger partial charge on any atom is -0.454 e. The van der Waals surface area contributed by atoms with Crippen LogP contribution in [0, 0.1) is 0 Å². The number of aliphatic imine (C=N–C) groups is 1. The summed E-state index contributed by atoms with van der Waals surface area (Å²) in [5, 5.41) is 2.59. The first-order valence-electron chi connectivity index (χ1n) is 7.36. The second kappa shape index (κ2) is 7.00. The number of benzene rings is 1. The smallest absolute Gasteiger partial charge is 0.331 e. The second-order valence-electron chi connectivity index (χ2n) is 5.59. The number of ether oxygens (including phenoxy) is 1. The number of sulfonamides is 1. The lowest BCUT2D eigenvalue weighted by molar-refractivity contribution is -0.149. The Morgan fingerprint density at radius 3 is 2.58 bits per heavy atom. The third-order valence-electron chi connectivity index (χ3n) is 3.12. The van der Waals surface area contributed by atoms with Gasteiger partial charge in [0.15, 0.2) is 6.61 Å². The summed E-state index contributed by atoms with van der Waals surface area (Å²) >= 11 is 0. The van der Waals surface area contributed by atoms with Gasteiger partial charge in [0.1, 0.15) is 11.9 Å². The molecule has 24 heavy (non-hydrogen) atoms. The monoisotopic (exact) mass is 353 g/mol. The summed E-state index contributed by atoms with van der Waals surface area (Å²) in [7, 11) is -3.66. The van der Waals surface area contributed by atoms with Gasteiger partial charge < -0.3 is 10.1 Å². The molecule has 1 aromatic carbocycles. The maximum atomic E-state index is 12.0. The lowest BCUT2D eigenvalue weighted by Gasteiger charge is -2.11. The Hall–Kier alpha value is -2.42. The molecule has 1 aromatic rings. The first-order chi connectivity index (χ1) is 11.2. The van der Waals surface area contributed by atoms with E-state index < -0.39 is 34.5 Å². The van der Waals surface area contributed by atoms with Crippen LogP contribution in [0.2, 0.25) is 0 Å². The molecule has 0 bridgehead atoms. The standard InChI is InChI=1S/C15H19N3O5S/c1-9(2)16-13(19)8-23-15(20)10(3)17-14-11-6-4-5-7-12(11)24(21,22)18-14/h4-7,9-10H,8H2,1-3H3,(H,16,19)(H,17,18)/t10-/m0/s1. The molecule has 0 saturated heterocycles. The van der Waals surface area contributed by atoms with Crippen LogP contribution in [0.1, 0.15) is 26.3 Å². The van der Waals surface area contributed by atoms with Crippen LogP contribution in [-0.2, 0) is 24.3 Å². The Kier molecular flexibility index (Phi) is 5.23. The number of amidine groups is 1. The molecule has 1 amide bonds. The fourth-order valence-corrected chi connectivity index (χ4v) is 3.34. The van der Waals surface area contributed by atoms with Crippen molar-refractivity contribution in [2.24, 2.45) is 4.99 Å². The van der Waals surface area contributed by atoms with Crippen molar-refractivity contribution in [2.75, 3.05) is 6.61 Å². The van der Waals surface area contributed by atoms with E-state index >= 15 is 0 Å². The van der Waals surface area contributed by atoms with Gasteiger partial charge in [0, 0.05) is 11.6 Å². The van der Waals surface area contributed by atoms with E-state index in [0.717, 1.165) is 0 Å². The van der Waals surface area contributed by atoms with Gasteiger partial charge in [-0.3, -0.25) is 14.5 Å². The van der Waals surface area contributed by atoms with Crippen molar-refractivity contribution in [3.8, 4) is 0 Å². The molecular formula is C15H19N3O5S. The van der Waals surface area contributed by atoms with Gasteiger partial charge in [-0.2, -0.15) is 0 Å². The Morgan fingerprint density at radius 1 is 1.25 bits per heavy atom. The number of esters is 1. The summed E-state index contributed by atoms with van der Waals surface area (Å²) in [6.07, 6.45) is 0. The molecule has 1 aliphatic rings. The van der Waals surface area contributed by atoms with Crippen LogP contribution >= 0.6 is 0 Å². The lowest BCUT2D eigenvalue weighted by atomic mass is 10.2. The molecular weight excluding hydrogens is 334 g/mol. The summed E-state index contributed by atoms with van der Waals surface area (Å²) in [5.41, 5.74) is 0.398. The Balaban J connectivity index is 2.06. The van der Waals surface area contributed by atoms with Gasteiger partial charge in [0.05, 0.1) is 4.90 Å². The Bertz CT molecular complexity index is 786. The van der Waals surface area contributed by atoms with Crippen LogP contribution in [0.5, 0.6) is 0 Å². The van der Waals surface area contributed by atoms with E-state index in [4.69, 9.17) is 4.74 Å². The van der Waals surface area contributed by atoms with E-state index in [1.165, 1.54) is 13.0 Å². The van der Waals surface area contributed by atoms with E-state index in [1.54, 1.807) is 32.0 Å². The number of nitrogens with zero attached hydrogens (tertiary/aromatic N) is 1. The maximum absolute atomic E-state index is 12.0. The average molecular weight is 353 g/mol. The van der Waals surface area contributed by atoms with Gasteiger partial charge >= 0.3 is 5.97 Å². The van der Waals surface area contributed by atoms with Crippen molar-refractivity contribution in [3.05, 3.63) is 29.8 Å². The molecule has 9 heteroatoms. The summed E-state index contributed by atoms with van der Waals surface area (Å²) in [6, 6.07) is 5.32. The predicted octanol–water partition coefficient (Wildman–Crippen LogP) is 0.181. The molecule has 0 spiro atoms. The van der Waals surface area contributed by atoms with Crippen LogP contribution in [0.15, 0.2) is 34.2 Å². The minimum absolute atomic E-state index is 0.0572. The van der Waals surface area contributed by atoms with Gasteiger partial charge in [0.25, 0.3) is 15.9 Å². The van der Waals surface area contributed by atoms with Crippen molar-refractivity contribution in [3.63, 3.8) is 0 Å². The number of nitrogens with one attached hydrogen (secondary N) is 2. The van der Waals surface area contributed by atoms with E-state index in [-0.39, 0.29) is 16.8 Å². The highest BCUT2D eigenvalue weighted by Gasteiger charge is 2.31. The number of amides is 1. The number of carbonyl (C=O) groups excluding carboxylic acids is 2. The summed E-state index contributed by atoms with van der Waals surface area (Å²) in [6.45, 7) is 4.63. The van der Waals surface area contributed by atoms with E-state index in [9.17, 15) is 18.0 Å². The molecule has 0 saturated carbocycles. The molecule has 0 aliphatic carbocycles. The van der Waals surface area contributed by atoms with Crippen molar-refractivity contribution in [2.45, 2.75) is 37.8 Å². The third-order valence-corrected chi connectivity index (χ3v) is 4.52. The first-order valence-corrected chi connectivity index (χ1v) is 8.85. The second-order valence-corrected chi connectivity index (χ2v) is 7.24. The fraction of sp³-hybridized carbons (Fsp3) is 0.400. The maximum Gasteiger partial charge on any atom is 0.331 e. The van der Waals surface area contributed by atoms with Gasteiger partial charge in [-0.1, -0.05) is 12.1 Å². The zero-order valence-electron chi connectivity index (χ0n) is 13.6. The summed E-state index contributed by atoms with van der Waals surface area (Å²) in [4.78, 5) is 27.5. The van der Waals surface area contributed by atoms with E-state index in [0.29, 0.717) is 5.56 Å². The molecule has 130 valence electrons. The zero-order valence-corrected chi connectivity index (χ0v) is 14.4. The number of hydrogen-bond donors (Lipinski definition) is 2. The number of fused-ring (bicyclic) bond motifs is 1. The van der Waals surface area contributed by atoms with Gasteiger partial charge in [-0.15, -0.1) is 0 Å². The van der Waals surface area contributed by atoms with Crippen LogP contribution < -0.4 is 10.0 Å². The van der Waals surface area contributed by atoms with Gasteiger partial charge in [-0.25, -0.2) is 13.2 Å². The largest absolute Gasteiger partial charge is 0.454 e. The lowest BCUT2D eigenvalue weighted by Crippen LogP contribution is -2.35. The molecule has 0 unspecified atom stereocenters. The van der Waals surface area contributed by atoms with Crippen LogP contribution in [0.25, 0.3) is 0 Å². The first kappa shape index (κ1) is 17.9. The van der Waals surface area contributed by atoms with Crippen molar-refractivity contribution in [1.82, 2.24) is 10.0 Å².